The average molecular weight is 162 g/mol. The first kappa shape index (κ1) is 10.7. The van der Waals surface area contributed by atoms with Crippen molar-refractivity contribution in [3.05, 3.63) is 11.1 Å². The van der Waals surface area contributed by atoms with Crippen molar-refractivity contribution in [1.82, 2.24) is 0 Å². The minimum atomic E-state index is 0.145. The molecule has 0 unspecified atom stereocenters. The van der Waals surface area contributed by atoms with Crippen molar-refractivity contribution in [2.24, 2.45) is 11.8 Å². The predicted molar refractivity (Wildman–Crippen MR) is 47.9 cm³/mol. The lowest BCUT2D eigenvalue weighted by atomic mass is 9.92. The lowest BCUT2D eigenvalue weighted by Crippen LogP contribution is -2.01. The molecule has 0 aromatic carbocycles. The molecular weight excluding hydrogens is 148 g/mol. The van der Waals surface area contributed by atoms with Crippen molar-refractivity contribution < 1.29 is 0 Å². The van der Waals surface area contributed by atoms with Crippen molar-refractivity contribution in [1.29, 1.82) is 10.5 Å². The fourth-order valence-corrected chi connectivity index (χ4v) is 1.00. The molecule has 0 aromatic rings. The third kappa shape index (κ3) is 2.40. The van der Waals surface area contributed by atoms with E-state index >= 15 is 0 Å². The summed E-state index contributed by atoms with van der Waals surface area (Å²) < 4.78 is 0. The van der Waals surface area contributed by atoms with E-state index in [4.69, 9.17) is 10.5 Å². The second-order valence-electron chi connectivity index (χ2n) is 3.36. The summed E-state index contributed by atoms with van der Waals surface area (Å²) in [4.78, 5) is 0. The molecule has 0 spiro atoms. The summed E-state index contributed by atoms with van der Waals surface area (Å²) in [6.07, 6.45) is 0. The molecule has 2 nitrogen and oxygen atoms in total. The van der Waals surface area contributed by atoms with Gasteiger partial charge in [0.25, 0.3) is 0 Å². The maximum atomic E-state index is 8.79. The quantitative estimate of drug-likeness (QED) is 0.586. The van der Waals surface area contributed by atoms with E-state index in [1.54, 1.807) is 0 Å². The highest BCUT2D eigenvalue weighted by Gasteiger charge is 2.12. The Hall–Kier alpha value is -1.28. The highest BCUT2D eigenvalue weighted by molar-refractivity contribution is 5.38. The molecule has 0 atom stereocenters. The van der Waals surface area contributed by atoms with Crippen molar-refractivity contribution in [3.8, 4) is 12.1 Å². The van der Waals surface area contributed by atoms with Crippen LogP contribution in [0.3, 0.4) is 0 Å². The van der Waals surface area contributed by atoms with Crippen LogP contribution in [0.4, 0.5) is 0 Å². The second-order valence-corrected chi connectivity index (χ2v) is 3.36. The van der Waals surface area contributed by atoms with Crippen LogP contribution in [0.5, 0.6) is 0 Å². The molecule has 12 heavy (non-hydrogen) atoms. The van der Waals surface area contributed by atoms with Gasteiger partial charge < -0.3 is 0 Å². The van der Waals surface area contributed by atoms with Crippen LogP contribution in [0.2, 0.25) is 0 Å². The molecule has 0 rings (SSSR count). The summed E-state index contributed by atoms with van der Waals surface area (Å²) in [6.45, 7) is 7.72. The molecule has 0 fully saturated rings. The summed E-state index contributed by atoms with van der Waals surface area (Å²) in [5.41, 5.74) is 1.24. The zero-order chi connectivity index (χ0) is 9.72. The van der Waals surface area contributed by atoms with Gasteiger partial charge in [-0.1, -0.05) is 27.7 Å². The van der Waals surface area contributed by atoms with Gasteiger partial charge in [-0.05, 0) is 11.8 Å². The third-order valence-corrected chi connectivity index (χ3v) is 1.69. The summed E-state index contributed by atoms with van der Waals surface area (Å²) >= 11 is 0. The SMILES string of the molecule is CC(C)/C(C#N)=C(/C#N)C(C)C. The minimum Gasteiger partial charge on any atom is -0.193 e. The summed E-state index contributed by atoms with van der Waals surface area (Å²) in [6, 6.07) is 4.18. The molecule has 0 aromatic heterocycles. The number of rotatable bonds is 2. The average Bonchev–Trinajstić information content (AvgIpc) is 1.98. The Kier molecular flexibility index (Phi) is 4.08. The van der Waals surface area contributed by atoms with E-state index in [1.165, 1.54) is 0 Å². The van der Waals surface area contributed by atoms with Gasteiger partial charge in [0, 0.05) is 11.1 Å². The molecule has 0 saturated heterocycles. The Balaban J connectivity index is 5.10. The number of nitriles is 2. The van der Waals surface area contributed by atoms with Crippen LogP contribution in [-0.2, 0) is 0 Å². The van der Waals surface area contributed by atoms with E-state index in [9.17, 15) is 0 Å². The van der Waals surface area contributed by atoms with Gasteiger partial charge >= 0.3 is 0 Å². The van der Waals surface area contributed by atoms with Gasteiger partial charge in [0.1, 0.15) is 0 Å². The summed E-state index contributed by atoms with van der Waals surface area (Å²) in [5, 5.41) is 17.6. The monoisotopic (exact) mass is 162 g/mol. The number of hydrogen-bond acceptors (Lipinski definition) is 2. The molecular formula is C10H14N2. The smallest absolute Gasteiger partial charge is 0.0960 e. The Morgan fingerprint density at radius 2 is 1.08 bits per heavy atom. The molecule has 0 bridgehead atoms. The largest absolute Gasteiger partial charge is 0.193 e. The van der Waals surface area contributed by atoms with Gasteiger partial charge in [0.15, 0.2) is 0 Å². The number of hydrogen-bond donors (Lipinski definition) is 0. The molecule has 0 saturated carbocycles. The predicted octanol–water partition coefficient (Wildman–Crippen LogP) is 2.64. The normalized spacial score (nSPS) is 12.3. The Labute approximate surface area is 74.1 Å². The van der Waals surface area contributed by atoms with Crippen LogP contribution in [0, 0.1) is 34.5 Å². The van der Waals surface area contributed by atoms with E-state index in [0.717, 1.165) is 0 Å². The molecule has 0 radical (unpaired) electrons. The first-order valence-electron chi connectivity index (χ1n) is 4.08. The van der Waals surface area contributed by atoms with Crippen LogP contribution < -0.4 is 0 Å². The van der Waals surface area contributed by atoms with E-state index in [-0.39, 0.29) is 11.8 Å². The highest BCUT2D eigenvalue weighted by atomic mass is 14.3. The lowest BCUT2D eigenvalue weighted by Gasteiger charge is -2.08. The van der Waals surface area contributed by atoms with Crippen LogP contribution in [0.25, 0.3) is 0 Å². The number of nitrogens with zero attached hydrogens (tertiary/aromatic N) is 2. The third-order valence-electron chi connectivity index (χ3n) is 1.69. The van der Waals surface area contributed by atoms with E-state index in [2.05, 4.69) is 12.1 Å². The van der Waals surface area contributed by atoms with Gasteiger partial charge in [-0.2, -0.15) is 10.5 Å². The first-order chi connectivity index (χ1) is 5.54. The minimum absolute atomic E-state index is 0.145. The van der Waals surface area contributed by atoms with Crippen molar-refractivity contribution in [2.45, 2.75) is 27.7 Å². The molecule has 0 heterocycles. The van der Waals surface area contributed by atoms with Gasteiger partial charge in [0.05, 0.1) is 12.1 Å². The highest BCUT2D eigenvalue weighted by Crippen LogP contribution is 2.19. The van der Waals surface area contributed by atoms with E-state index < -0.39 is 0 Å². The summed E-state index contributed by atoms with van der Waals surface area (Å²) in [7, 11) is 0. The van der Waals surface area contributed by atoms with Gasteiger partial charge in [-0.3, -0.25) is 0 Å². The standard InChI is InChI=1S/C10H14N2/c1-7(2)9(5-11)10(6-12)8(3)4/h7-8H,1-4H3/b10-9-. The van der Waals surface area contributed by atoms with Crippen LogP contribution >= 0.6 is 0 Å². The zero-order valence-electron chi connectivity index (χ0n) is 8.05. The van der Waals surface area contributed by atoms with E-state index in [0.29, 0.717) is 11.1 Å². The molecule has 0 amide bonds. The van der Waals surface area contributed by atoms with Crippen molar-refractivity contribution in [2.75, 3.05) is 0 Å². The van der Waals surface area contributed by atoms with Gasteiger partial charge in [-0.25, -0.2) is 0 Å². The first-order valence-corrected chi connectivity index (χ1v) is 4.08. The maximum Gasteiger partial charge on any atom is 0.0960 e. The van der Waals surface area contributed by atoms with E-state index in [1.807, 2.05) is 27.7 Å². The second kappa shape index (κ2) is 4.57. The molecule has 64 valence electrons. The Morgan fingerprint density at radius 1 is 0.833 bits per heavy atom. The molecule has 0 aliphatic heterocycles. The molecule has 0 N–H and O–H groups in total. The Bertz CT molecular complexity index is 231. The molecule has 0 aliphatic carbocycles. The van der Waals surface area contributed by atoms with Crippen molar-refractivity contribution >= 4 is 0 Å². The summed E-state index contributed by atoms with van der Waals surface area (Å²) in [5.74, 6) is 0.291. The van der Waals surface area contributed by atoms with Gasteiger partial charge in [0.2, 0.25) is 0 Å². The Morgan fingerprint density at radius 3 is 1.17 bits per heavy atom. The molecule has 2 heteroatoms. The fraction of sp³-hybridized carbons (Fsp3) is 0.600. The van der Waals surface area contributed by atoms with Crippen LogP contribution in [0.1, 0.15) is 27.7 Å². The lowest BCUT2D eigenvalue weighted by molar-refractivity contribution is 0.728. The maximum absolute atomic E-state index is 8.79. The van der Waals surface area contributed by atoms with Gasteiger partial charge in [-0.15, -0.1) is 0 Å². The number of allylic oxidation sites excluding steroid dienone is 2. The van der Waals surface area contributed by atoms with Crippen LogP contribution in [0.15, 0.2) is 11.1 Å². The topological polar surface area (TPSA) is 47.6 Å². The van der Waals surface area contributed by atoms with Crippen LogP contribution in [-0.4, -0.2) is 0 Å². The van der Waals surface area contributed by atoms with Crippen molar-refractivity contribution in [3.63, 3.8) is 0 Å². The molecule has 0 aliphatic rings. The fourth-order valence-electron chi connectivity index (χ4n) is 1.00. The zero-order valence-corrected chi connectivity index (χ0v) is 8.05.